The van der Waals surface area contributed by atoms with E-state index in [4.69, 9.17) is 4.74 Å². The minimum atomic E-state index is 0.610. The van der Waals surface area contributed by atoms with Crippen LogP contribution in [0.4, 0.5) is 0 Å². The van der Waals surface area contributed by atoms with E-state index in [9.17, 15) is 0 Å². The van der Waals surface area contributed by atoms with Crippen molar-refractivity contribution in [1.29, 1.82) is 0 Å². The second-order valence-corrected chi connectivity index (χ2v) is 4.68. The zero-order valence-electron chi connectivity index (χ0n) is 11.3. The Hall–Kier alpha value is -0.870. The summed E-state index contributed by atoms with van der Waals surface area (Å²) in [6, 6.07) is 0. The van der Waals surface area contributed by atoms with Gasteiger partial charge in [0.2, 0.25) is 0 Å². The van der Waals surface area contributed by atoms with Crippen molar-refractivity contribution in [1.82, 2.24) is 14.9 Å². The normalized spacial score (nSPS) is 11.3. The second-order valence-electron chi connectivity index (χ2n) is 4.68. The van der Waals surface area contributed by atoms with E-state index in [1.807, 2.05) is 12.4 Å². The number of hydrogen-bond acceptors (Lipinski definition) is 3. The topological polar surface area (TPSA) is 39.1 Å². The summed E-state index contributed by atoms with van der Waals surface area (Å²) in [6.07, 6.45) is 5.04. The molecule has 0 radical (unpaired) electrons. The molecule has 0 aromatic carbocycles. The molecule has 1 rings (SSSR count). The van der Waals surface area contributed by atoms with Gasteiger partial charge in [0.15, 0.2) is 0 Å². The summed E-state index contributed by atoms with van der Waals surface area (Å²) in [6.45, 7) is 10.9. The first-order chi connectivity index (χ1) is 8.24. The lowest BCUT2D eigenvalue weighted by molar-refractivity contribution is 0.111. The van der Waals surface area contributed by atoms with Gasteiger partial charge in [0.1, 0.15) is 5.82 Å². The highest BCUT2D eigenvalue weighted by Crippen LogP contribution is 1.98. The molecule has 1 heterocycles. The van der Waals surface area contributed by atoms with E-state index in [1.165, 1.54) is 0 Å². The molecule has 0 saturated heterocycles. The van der Waals surface area contributed by atoms with Gasteiger partial charge in [-0.1, -0.05) is 20.8 Å². The summed E-state index contributed by atoms with van der Waals surface area (Å²) in [4.78, 5) is 4.34. The van der Waals surface area contributed by atoms with Crippen molar-refractivity contribution >= 4 is 0 Å². The first-order valence-electron chi connectivity index (χ1n) is 6.52. The van der Waals surface area contributed by atoms with E-state index < -0.39 is 0 Å². The van der Waals surface area contributed by atoms with Gasteiger partial charge < -0.3 is 14.6 Å². The third-order valence-corrected chi connectivity index (χ3v) is 2.42. The first-order valence-corrected chi connectivity index (χ1v) is 6.52. The molecule has 4 heteroatoms. The van der Waals surface area contributed by atoms with E-state index in [-0.39, 0.29) is 0 Å². The van der Waals surface area contributed by atoms with Crippen LogP contribution in [-0.2, 0) is 17.8 Å². The predicted molar refractivity (Wildman–Crippen MR) is 69.9 cm³/mol. The van der Waals surface area contributed by atoms with Crippen LogP contribution in [-0.4, -0.2) is 29.3 Å². The molecule has 0 spiro atoms. The van der Waals surface area contributed by atoms with Crippen molar-refractivity contribution in [3.63, 3.8) is 0 Å². The molecule has 0 aliphatic rings. The van der Waals surface area contributed by atoms with Gasteiger partial charge in [-0.05, 0) is 12.3 Å². The summed E-state index contributed by atoms with van der Waals surface area (Å²) in [5.74, 6) is 1.72. The van der Waals surface area contributed by atoms with Crippen LogP contribution in [0.15, 0.2) is 12.4 Å². The van der Waals surface area contributed by atoms with Crippen LogP contribution in [0.3, 0.4) is 0 Å². The molecular formula is C13H25N3O. The molecule has 0 fully saturated rings. The fourth-order valence-electron chi connectivity index (χ4n) is 1.62. The minimum absolute atomic E-state index is 0.610. The number of aryl methyl sites for hydroxylation is 1. The molecule has 4 nitrogen and oxygen atoms in total. The van der Waals surface area contributed by atoms with E-state index in [0.29, 0.717) is 5.92 Å². The number of aromatic nitrogens is 2. The van der Waals surface area contributed by atoms with Gasteiger partial charge in [0, 0.05) is 32.1 Å². The van der Waals surface area contributed by atoms with Crippen LogP contribution < -0.4 is 5.32 Å². The van der Waals surface area contributed by atoms with E-state index in [0.717, 1.165) is 45.1 Å². The van der Waals surface area contributed by atoms with Crippen molar-refractivity contribution in [3.05, 3.63) is 18.2 Å². The highest BCUT2D eigenvalue weighted by atomic mass is 16.5. The Morgan fingerprint density at radius 2 is 2.29 bits per heavy atom. The lowest BCUT2D eigenvalue weighted by Crippen LogP contribution is -2.22. The molecule has 0 aliphatic heterocycles. The second kappa shape index (κ2) is 8.25. The molecule has 0 amide bonds. The molecule has 1 N–H and O–H groups in total. The average molecular weight is 239 g/mol. The van der Waals surface area contributed by atoms with E-state index >= 15 is 0 Å². The smallest absolute Gasteiger partial charge is 0.122 e. The third kappa shape index (κ3) is 5.84. The highest BCUT2D eigenvalue weighted by molar-refractivity contribution is 4.91. The maximum absolute atomic E-state index is 5.50. The summed E-state index contributed by atoms with van der Waals surface area (Å²) < 4.78 is 7.70. The van der Waals surface area contributed by atoms with Gasteiger partial charge in [-0.25, -0.2) is 4.98 Å². The van der Waals surface area contributed by atoms with Crippen molar-refractivity contribution in [2.24, 2.45) is 5.92 Å². The van der Waals surface area contributed by atoms with E-state index in [1.54, 1.807) is 0 Å². The van der Waals surface area contributed by atoms with Gasteiger partial charge in [-0.15, -0.1) is 0 Å². The quantitative estimate of drug-likeness (QED) is 0.670. The number of nitrogens with one attached hydrogen (secondary N) is 1. The zero-order valence-corrected chi connectivity index (χ0v) is 11.3. The fraction of sp³-hybridized carbons (Fsp3) is 0.769. The predicted octanol–water partition coefficient (Wildman–Crippen LogP) is 2.06. The number of nitrogens with zero attached hydrogens (tertiary/aromatic N) is 2. The summed E-state index contributed by atoms with van der Waals surface area (Å²) in [5.41, 5.74) is 0. The Morgan fingerprint density at radius 1 is 1.47 bits per heavy atom. The van der Waals surface area contributed by atoms with Crippen LogP contribution in [0.1, 0.15) is 33.0 Å². The zero-order chi connectivity index (χ0) is 12.5. The van der Waals surface area contributed by atoms with Gasteiger partial charge in [0.05, 0.1) is 13.2 Å². The fourth-order valence-corrected chi connectivity index (χ4v) is 1.62. The van der Waals surface area contributed by atoms with Crippen LogP contribution in [0.2, 0.25) is 0 Å². The van der Waals surface area contributed by atoms with Crippen LogP contribution >= 0.6 is 0 Å². The molecule has 0 bridgehead atoms. The SMILES string of the molecule is CCCn1ccnc1CNCCOCC(C)C. The van der Waals surface area contributed by atoms with Gasteiger partial charge in [-0.3, -0.25) is 0 Å². The van der Waals surface area contributed by atoms with Gasteiger partial charge in [-0.2, -0.15) is 0 Å². The van der Waals surface area contributed by atoms with Crippen molar-refractivity contribution in [2.45, 2.75) is 40.3 Å². The van der Waals surface area contributed by atoms with Crippen LogP contribution in [0.5, 0.6) is 0 Å². The summed E-state index contributed by atoms with van der Waals surface area (Å²) >= 11 is 0. The molecule has 0 saturated carbocycles. The van der Waals surface area contributed by atoms with Crippen molar-refractivity contribution < 1.29 is 4.74 Å². The van der Waals surface area contributed by atoms with Crippen LogP contribution in [0.25, 0.3) is 0 Å². The highest BCUT2D eigenvalue weighted by Gasteiger charge is 2.00. The lowest BCUT2D eigenvalue weighted by atomic mass is 10.2. The minimum Gasteiger partial charge on any atom is -0.380 e. The summed E-state index contributed by atoms with van der Waals surface area (Å²) in [7, 11) is 0. The standard InChI is InChI=1S/C13H25N3O/c1-4-7-16-8-5-15-13(16)10-14-6-9-17-11-12(2)3/h5,8,12,14H,4,6-7,9-11H2,1-3H3. The molecule has 17 heavy (non-hydrogen) atoms. The maximum Gasteiger partial charge on any atom is 0.122 e. The Balaban J connectivity index is 2.11. The van der Waals surface area contributed by atoms with Gasteiger partial charge >= 0.3 is 0 Å². The van der Waals surface area contributed by atoms with Crippen LogP contribution in [0, 0.1) is 5.92 Å². The average Bonchev–Trinajstić information content (AvgIpc) is 2.71. The Morgan fingerprint density at radius 3 is 3.00 bits per heavy atom. The Bertz CT molecular complexity index is 297. The van der Waals surface area contributed by atoms with E-state index in [2.05, 4.69) is 35.6 Å². The Kier molecular flexibility index (Phi) is 6.89. The number of rotatable bonds is 9. The van der Waals surface area contributed by atoms with Crippen molar-refractivity contribution in [3.8, 4) is 0 Å². The third-order valence-electron chi connectivity index (χ3n) is 2.42. The molecule has 0 aliphatic carbocycles. The first kappa shape index (κ1) is 14.2. The largest absolute Gasteiger partial charge is 0.380 e. The summed E-state index contributed by atoms with van der Waals surface area (Å²) in [5, 5.41) is 3.35. The molecule has 0 unspecified atom stereocenters. The molecule has 1 aromatic heterocycles. The number of imidazole rings is 1. The molecule has 1 aromatic rings. The number of ether oxygens (including phenoxy) is 1. The van der Waals surface area contributed by atoms with Crippen molar-refractivity contribution in [2.75, 3.05) is 19.8 Å². The lowest BCUT2D eigenvalue weighted by Gasteiger charge is -2.09. The Labute approximate surface area is 104 Å². The maximum atomic E-state index is 5.50. The number of hydrogen-bond donors (Lipinski definition) is 1. The molecular weight excluding hydrogens is 214 g/mol. The van der Waals surface area contributed by atoms with Gasteiger partial charge in [0.25, 0.3) is 0 Å². The monoisotopic (exact) mass is 239 g/mol. The molecule has 0 atom stereocenters. The molecule has 98 valence electrons.